The van der Waals surface area contributed by atoms with Gasteiger partial charge < -0.3 is 20.6 Å². The number of nitrogens with zero attached hydrogens (tertiary/aromatic N) is 1. The fraction of sp³-hybridized carbons (Fsp3) is 0.909. The van der Waals surface area contributed by atoms with Gasteiger partial charge in [-0.25, -0.2) is 0 Å². The SMILES string of the molecule is CB(O)C1CCCN1C(=O)CNC1CCNC1. The highest BCUT2D eigenvalue weighted by Crippen LogP contribution is 2.18. The first kappa shape index (κ1) is 12.9. The minimum atomic E-state index is -0.422. The van der Waals surface area contributed by atoms with Crippen molar-refractivity contribution in [2.45, 2.75) is 38.1 Å². The number of amides is 1. The minimum Gasteiger partial charge on any atom is -0.449 e. The van der Waals surface area contributed by atoms with Crippen LogP contribution in [0.1, 0.15) is 19.3 Å². The Balaban J connectivity index is 1.78. The highest BCUT2D eigenvalue weighted by molar-refractivity contribution is 6.51. The molecule has 2 rings (SSSR count). The second-order valence-corrected chi connectivity index (χ2v) is 5.11. The third-order valence-corrected chi connectivity index (χ3v) is 3.78. The summed E-state index contributed by atoms with van der Waals surface area (Å²) in [5.74, 6) is 0.145. The molecule has 0 radical (unpaired) electrons. The second kappa shape index (κ2) is 5.84. The van der Waals surface area contributed by atoms with Gasteiger partial charge in [-0.1, -0.05) is 6.82 Å². The van der Waals surface area contributed by atoms with Gasteiger partial charge in [-0.2, -0.15) is 0 Å². The fourth-order valence-electron chi connectivity index (χ4n) is 2.77. The highest BCUT2D eigenvalue weighted by Gasteiger charge is 2.33. The maximum Gasteiger partial charge on any atom is 0.309 e. The van der Waals surface area contributed by atoms with E-state index in [-0.39, 0.29) is 11.8 Å². The van der Waals surface area contributed by atoms with Gasteiger partial charge in [0.25, 0.3) is 0 Å². The van der Waals surface area contributed by atoms with Gasteiger partial charge >= 0.3 is 6.92 Å². The minimum absolute atomic E-state index is 0.0194. The molecule has 3 N–H and O–H groups in total. The molecule has 0 saturated carbocycles. The summed E-state index contributed by atoms with van der Waals surface area (Å²) in [4.78, 5) is 13.9. The van der Waals surface area contributed by atoms with Crippen LogP contribution in [0.3, 0.4) is 0 Å². The molecule has 2 atom stereocenters. The molecule has 0 aromatic carbocycles. The summed E-state index contributed by atoms with van der Waals surface area (Å²) in [6.45, 7) is 4.52. The van der Waals surface area contributed by atoms with Gasteiger partial charge in [-0.15, -0.1) is 0 Å². The molecule has 0 aromatic rings. The van der Waals surface area contributed by atoms with E-state index in [0.717, 1.165) is 38.9 Å². The van der Waals surface area contributed by atoms with E-state index in [1.807, 2.05) is 4.90 Å². The van der Waals surface area contributed by atoms with Crippen LogP contribution in [0.25, 0.3) is 0 Å². The van der Waals surface area contributed by atoms with Gasteiger partial charge in [0, 0.05) is 25.1 Å². The molecular formula is C11H22BN3O2. The Labute approximate surface area is 103 Å². The Kier molecular flexibility index (Phi) is 4.42. The highest BCUT2D eigenvalue weighted by atomic mass is 16.2. The number of rotatable bonds is 4. The molecule has 0 aromatic heterocycles. The summed E-state index contributed by atoms with van der Waals surface area (Å²) in [5, 5.41) is 16.2. The van der Waals surface area contributed by atoms with Gasteiger partial charge in [-0.3, -0.25) is 4.79 Å². The zero-order valence-corrected chi connectivity index (χ0v) is 10.5. The van der Waals surface area contributed by atoms with Crippen molar-refractivity contribution < 1.29 is 9.82 Å². The molecule has 2 aliphatic heterocycles. The van der Waals surface area contributed by atoms with Crippen LogP contribution in [-0.2, 0) is 4.79 Å². The van der Waals surface area contributed by atoms with Crippen molar-refractivity contribution in [1.82, 2.24) is 15.5 Å². The standard InChI is InChI=1S/C11H22BN3O2/c1-12(17)10-3-2-6-15(10)11(16)8-14-9-4-5-13-7-9/h9-10,13-14,17H,2-8H2,1H3. The Morgan fingerprint density at radius 3 is 3.06 bits per heavy atom. The Bertz CT molecular complexity index is 269. The third kappa shape index (κ3) is 3.21. The third-order valence-electron chi connectivity index (χ3n) is 3.78. The topological polar surface area (TPSA) is 64.6 Å². The van der Waals surface area contributed by atoms with Crippen molar-refractivity contribution in [2.75, 3.05) is 26.2 Å². The number of carbonyl (C=O) groups is 1. The van der Waals surface area contributed by atoms with Crippen LogP contribution in [0.15, 0.2) is 0 Å². The van der Waals surface area contributed by atoms with Gasteiger partial charge in [-0.05, 0) is 25.8 Å². The van der Waals surface area contributed by atoms with Crippen LogP contribution in [0, 0.1) is 0 Å². The van der Waals surface area contributed by atoms with Crippen LogP contribution >= 0.6 is 0 Å². The Morgan fingerprint density at radius 1 is 1.59 bits per heavy atom. The zero-order chi connectivity index (χ0) is 12.3. The van der Waals surface area contributed by atoms with Gasteiger partial charge in [0.05, 0.1) is 6.54 Å². The lowest BCUT2D eigenvalue weighted by Crippen LogP contribution is -2.48. The summed E-state index contributed by atoms with van der Waals surface area (Å²) in [5.41, 5.74) is 0. The smallest absolute Gasteiger partial charge is 0.309 e. The van der Waals surface area contributed by atoms with Crippen molar-refractivity contribution in [3.8, 4) is 0 Å². The van der Waals surface area contributed by atoms with Crippen LogP contribution in [-0.4, -0.2) is 60.9 Å². The van der Waals surface area contributed by atoms with Gasteiger partial charge in [0.1, 0.15) is 0 Å². The van der Waals surface area contributed by atoms with Crippen molar-refractivity contribution in [3.63, 3.8) is 0 Å². The number of hydrogen-bond acceptors (Lipinski definition) is 4. The van der Waals surface area contributed by atoms with E-state index in [1.54, 1.807) is 6.82 Å². The molecule has 0 spiro atoms. The van der Waals surface area contributed by atoms with Crippen LogP contribution in [0.4, 0.5) is 0 Å². The van der Waals surface area contributed by atoms with Crippen LogP contribution in [0.2, 0.25) is 6.82 Å². The summed E-state index contributed by atoms with van der Waals surface area (Å²) < 4.78 is 0. The molecule has 2 aliphatic rings. The summed E-state index contributed by atoms with van der Waals surface area (Å²) in [7, 11) is 0. The van der Waals surface area contributed by atoms with E-state index in [2.05, 4.69) is 10.6 Å². The Hall–Kier alpha value is -0.585. The monoisotopic (exact) mass is 239 g/mol. The van der Waals surface area contributed by atoms with E-state index in [0.29, 0.717) is 12.6 Å². The van der Waals surface area contributed by atoms with E-state index in [1.165, 1.54) is 0 Å². The van der Waals surface area contributed by atoms with Crippen molar-refractivity contribution in [3.05, 3.63) is 0 Å². The van der Waals surface area contributed by atoms with E-state index < -0.39 is 6.92 Å². The summed E-state index contributed by atoms with van der Waals surface area (Å²) in [6, 6.07) is 0.423. The molecule has 0 bridgehead atoms. The van der Waals surface area contributed by atoms with Gasteiger partial charge in [0.2, 0.25) is 5.91 Å². The molecule has 2 saturated heterocycles. The van der Waals surface area contributed by atoms with Crippen molar-refractivity contribution >= 4 is 12.8 Å². The zero-order valence-electron chi connectivity index (χ0n) is 10.5. The molecule has 2 fully saturated rings. The lowest BCUT2D eigenvalue weighted by molar-refractivity contribution is -0.130. The lowest BCUT2D eigenvalue weighted by atomic mass is 9.62. The molecule has 2 heterocycles. The maximum atomic E-state index is 12.0. The second-order valence-electron chi connectivity index (χ2n) is 5.11. The Morgan fingerprint density at radius 2 is 2.41 bits per heavy atom. The van der Waals surface area contributed by atoms with E-state index in [4.69, 9.17) is 0 Å². The number of carbonyl (C=O) groups excluding carboxylic acids is 1. The molecule has 17 heavy (non-hydrogen) atoms. The predicted octanol–water partition coefficient (Wildman–Crippen LogP) is -0.918. The molecule has 1 amide bonds. The van der Waals surface area contributed by atoms with E-state index in [9.17, 15) is 9.82 Å². The molecule has 96 valence electrons. The molecule has 5 nitrogen and oxygen atoms in total. The molecule has 6 heteroatoms. The normalized spacial score (nSPS) is 28.7. The predicted molar refractivity (Wildman–Crippen MR) is 67.8 cm³/mol. The average Bonchev–Trinajstić information content (AvgIpc) is 2.96. The summed E-state index contributed by atoms with van der Waals surface area (Å²) >= 11 is 0. The molecule has 2 unspecified atom stereocenters. The van der Waals surface area contributed by atoms with Crippen molar-refractivity contribution in [1.29, 1.82) is 0 Å². The number of likely N-dealkylation sites (tertiary alicyclic amines) is 1. The quantitative estimate of drug-likeness (QED) is 0.555. The van der Waals surface area contributed by atoms with Crippen molar-refractivity contribution in [2.24, 2.45) is 0 Å². The van der Waals surface area contributed by atoms with Gasteiger partial charge in [0.15, 0.2) is 0 Å². The first-order chi connectivity index (χ1) is 8.18. The fourth-order valence-corrected chi connectivity index (χ4v) is 2.77. The largest absolute Gasteiger partial charge is 0.449 e. The number of nitrogens with one attached hydrogen (secondary N) is 2. The first-order valence-electron chi connectivity index (χ1n) is 6.60. The summed E-state index contributed by atoms with van der Waals surface area (Å²) in [6.07, 6.45) is 3.02. The van der Waals surface area contributed by atoms with E-state index >= 15 is 0 Å². The van der Waals surface area contributed by atoms with Crippen LogP contribution < -0.4 is 10.6 Å². The first-order valence-corrected chi connectivity index (χ1v) is 6.60. The average molecular weight is 239 g/mol. The lowest BCUT2D eigenvalue weighted by Gasteiger charge is -2.26. The maximum absolute atomic E-state index is 12.0. The number of hydrogen-bond donors (Lipinski definition) is 3. The molecule has 0 aliphatic carbocycles. The van der Waals surface area contributed by atoms with Crippen LogP contribution in [0.5, 0.6) is 0 Å². The molecular weight excluding hydrogens is 217 g/mol.